The molecule has 0 amide bonds. The average Bonchev–Trinajstić information content (AvgIpc) is 2.21. The fourth-order valence-electron chi connectivity index (χ4n) is 0.986. The highest BCUT2D eigenvalue weighted by Crippen LogP contribution is 2.03. The maximum absolute atomic E-state index is 4.15. The van der Waals surface area contributed by atoms with Crippen LogP contribution in [-0.4, -0.2) is 5.71 Å². The molecule has 2 nitrogen and oxygen atoms in total. The Balaban J connectivity index is 2.27. The van der Waals surface area contributed by atoms with Crippen LogP contribution in [0.15, 0.2) is 53.1 Å². The molecule has 0 saturated heterocycles. The molecule has 0 radical (unpaired) electrons. The molecule has 0 aliphatic carbocycles. The first-order valence-corrected chi connectivity index (χ1v) is 3.67. The molecule has 0 aromatic rings. The van der Waals surface area contributed by atoms with E-state index in [9.17, 15) is 0 Å². The van der Waals surface area contributed by atoms with Crippen molar-refractivity contribution in [2.45, 2.75) is 0 Å². The number of hydrogen-bond acceptors (Lipinski definition) is 2. The van der Waals surface area contributed by atoms with E-state index in [2.05, 4.69) is 22.1 Å². The number of aliphatic imine (C=N–C) groups is 1. The summed E-state index contributed by atoms with van der Waals surface area (Å²) in [5.74, 6) is 0. The van der Waals surface area contributed by atoms with Crippen molar-refractivity contribution in [2.24, 2.45) is 4.99 Å². The minimum atomic E-state index is 0.919. The summed E-state index contributed by atoms with van der Waals surface area (Å²) in [7, 11) is 0. The topological polar surface area (TPSA) is 24.4 Å². The van der Waals surface area contributed by atoms with E-state index >= 15 is 0 Å². The van der Waals surface area contributed by atoms with E-state index in [1.807, 2.05) is 24.3 Å². The van der Waals surface area contributed by atoms with Crippen molar-refractivity contribution in [3.05, 3.63) is 54.2 Å². The van der Waals surface area contributed by atoms with Crippen LogP contribution in [0.25, 0.3) is 0 Å². The first kappa shape index (κ1) is 6.81. The van der Waals surface area contributed by atoms with E-state index in [-0.39, 0.29) is 0 Å². The minimum absolute atomic E-state index is 0.919. The molecule has 0 aromatic heterocycles. The number of nitrogens with one attached hydrogen (secondary N) is 1. The molecule has 2 rings (SSSR count). The van der Waals surface area contributed by atoms with Crippen LogP contribution >= 0.6 is 0 Å². The SMILES string of the molecule is C1=CC=C(C2=NC=[C+]C=C2)NC=1. The predicted octanol–water partition coefficient (Wildman–Crippen LogP) is 1.47. The van der Waals surface area contributed by atoms with E-state index in [1.54, 1.807) is 12.4 Å². The molecule has 2 heterocycles. The summed E-state index contributed by atoms with van der Waals surface area (Å²) < 4.78 is 0. The van der Waals surface area contributed by atoms with Gasteiger partial charge in [-0.15, -0.1) is 5.73 Å². The van der Waals surface area contributed by atoms with Crippen LogP contribution in [0.2, 0.25) is 0 Å². The van der Waals surface area contributed by atoms with Crippen molar-refractivity contribution in [3.8, 4) is 0 Å². The van der Waals surface area contributed by atoms with Crippen LogP contribution < -0.4 is 5.32 Å². The van der Waals surface area contributed by atoms with Gasteiger partial charge in [0.25, 0.3) is 0 Å². The van der Waals surface area contributed by atoms with Crippen LogP contribution in [-0.2, 0) is 0 Å². The first-order chi connectivity index (χ1) is 5.97. The molecule has 0 fully saturated rings. The minimum Gasteiger partial charge on any atom is -0.352 e. The summed E-state index contributed by atoms with van der Waals surface area (Å²) in [6.07, 6.45) is 13.8. The summed E-state index contributed by atoms with van der Waals surface area (Å²) >= 11 is 0. The Morgan fingerprint density at radius 1 is 1.50 bits per heavy atom. The molecule has 1 N–H and O–H groups in total. The van der Waals surface area contributed by atoms with E-state index < -0.39 is 0 Å². The largest absolute Gasteiger partial charge is 0.352 e. The number of nitrogens with zero attached hydrogens (tertiary/aromatic N) is 1. The van der Waals surface area contributed by atoms with Gasteiger partial charge in [0.05, 0.1) is 5.70 Å². The van der Waals surface area contributed by atoms with Gasteiger partial charge in [0, 0.05) is 6.20 Å². The fraction of sp³-hybridized carbons (Fsp3) is 0. The molecule has 2 aliphatic rings. The van der Waals surface area contributed by atoms with Gasteiger partial charge in [0.1, 0.15) is 12.2 Å². The van der Waals surface area contributed by atoms with Gasteiger partial charge < -0.3 is 5.32 Å². The standard InChI is InChI=1S/C10H7N2/c1-3-7-11-9(5-1)10-6-2-4-8-12-10/h1-2,5-8,11H/q+1. The quantitative estimate of drug-likeness (QED) is 0.450. The maximum Gasteiger partial charge on any atom is 0.174 e. The van der Waals surface area contributed by atoms with Gasteiger partial charge in [-0.05, 0) is 12.2 Å². The predicted molar refractivity (Wildman–Crippen MR) is 48.3 cm³/mol. The van der Waals surface area contributed by atoms with Crippen LogP contribution in [0.5, 0.6) is 0 Å². The monoisotopic (exact) mass is 155 g/mol. The molecule has 12 heavy (non-hydrogen) atoms. The smallest absolute Gasteiger partial charge is 0.174 e. The van der Waals surface area contributed by atoms with E-state index in [1.165, 1.54) is 0 Å². The Kier molecular flexibility index (Phi) is 1.71. The van der Waals surface area contributed by atoms with Crippen LogP contribution in [0.3, 0.4) is 0 Å². The Hall–Kier alpha value is -1.88. The highest BCUT2D eigenvalue weighted by Gasteiger charge is 2.09. The van der Waals surface area contributed by atoms with Crippen molar-refractivity contribution >= 4 is 5.71 Å². The second-order valence-corrected chi connectivity index (χ2v) is 2.35. The number of hydrogen-bond donors (Lipinski definition) is 1. The van der Waals surface area contributed by atoms with Crippen LogP contribution in [0.1, 0.15) is 0 Å². The Labute approximate surface area is 71.0 Å². The molecule has 0 atom stereocenters. The van der Waals surface area contributed by atoms with Crippen molar-refractivity contribution in [2.75, 3.05) is 0 Å². The summed E-state index contributed by atoms with van der Waals surface area (Å²) in [6, 6.07) is 0. The lowest BCUT2D eigenvalue weighted by Crippen LogP contribution is -2.14. The third-order valence-electron chi connectivity index (χ3n) is 1.55. The second kappa shape index (κ2) is 3.02. The van der Waals surface area contributed by atoms with Gasteiger partial charge in [0.15, 0.2) is 18.0 Å². The fourth-order valence-corrected chi connectivity index (χ4v) is 0.986. The normalized spacial score (nSPS) is 18.0. The lowest BCUT2D eigenvalue weighted by atomic mass is 10.2. The summed E-state index contributed by atoms with van der Waals surface area (Å²) in [4.78, 5) is 4.15. The average molecular weight is 155 g/mol. The van der Waals surface area contributed by atoms with Crippen molar-refractivity contribution in [3.63, 3.8) is 0 Å². The zero-order chi connectivity index (χ0) is 8.23. The lowest BCUT2D eigenvalue weighted by Gasteiger charge is -2.03. The molecule has 0 spiro atoms. The van der Waals surface area contributed by atoms with Crippen molar-refractivity contribution in [1.82, 2.24) is 5.32 Å². The van der Waals surface area contributed by atoms with Gasteiger partial charge in [-0.3, -0.25) is 0 Å². The second-order valence-electron chi connectivity index (χ2n) is 2.35. The van der Waals surface area contributed by atoms with E-state index in [0.29, 0.717) is 0 Å². The van der Waals surface area contributed by atoms with Crippen LogP contribution in [0, 0.1) is 6.08 Å². The zero-order valence-corrected chi connectivity index (χ0v) is 6.41. The van der Waals surface area contributed by atoms with Gasteiger partial charge in [-0.25, -0.2) is 4.99 Å². The molecular weight excluding hydrogens is 148 g/mol. The third kappa shape index (κ3) is 1.25. The molecule has 0 bridgehead atoms. The maximum atomic E-state index is 4.15. The van der Waals surface area contributed by atoms with Crippen LogP contribution in [0.4, 0.5) is 0 Å². The third-order valence-corrected chi connectivity index (χ3v) is 1.55. The summed E-state index contributed by atoms with van der Waals surface area (Å²) in [5.41, 5.74) is 4.82. The Morgan fingerprint density at radius 3 is 3.17 bits per heavy atom. The molecule has 2 heteroatoms. The van der Waals surface area contributed by atoms with Gasteiger partial charge >= 0.3 is 0 Å². The Morgan fingerprint density at radius 2 is 2.50 bits per heavy atom. The first-order valence-electron chi connectivity index (χ1n) is 3.67. The summed E-state index contributed by atoms with van der Waals surface area (Å²) in [6.45, 7) is 0. The Bertz CT molecular complexity index is 361. The highest BCUT2D eigenvalue weighted by atomic mass is 14.9. The van der Waals surface area contributed by atoms with E-state index in [4.69, 9.17) is 0 Å². The molecule has 0 saturated carbocycles. The molecule has 0 aromatic carbocycles. The number of allylic oxidation sites excluding steroid dienone is 5. The molecule has 2 aliphatic heterocycles. The van der Waals surface area contributed by atoms with Gasteiger partial charge in [0.2, 0.25) is 0 Å². The van der Waals surface area contributed by atoms with Crippen molar-refractivity contribution in [1.29, 1.82) is 0 Å². The highest BCUT2D eigenvalue weighted by molar-refractivity contribution is 6.09. The van der Waals surface area contributed by atoms with Gasteiger partial charge in [-0.2, -0.15) is 0 Å². The molecule has 56 valence electrons. The number of rotatable bonds is 1. The molecular formula is C10H7N2+. The zero-order valence-electron chi connectivity index (χ0n) is 6.41. The summed E-state index contributed by atoms with van der Waals surface area (Å²) in [5, 5.41) is 3.05. The van der Waals surface area contributed by atoms with Crippen molar-refractivity contribution < 1.29 is 0 Å². The van der Waals surface area contributed by atoms with E-state index in [0.717, 1.165) is 11.4 Å². The van der Waals surface area contributed by atoms with Gasteiger partial charge in [-0.1, -0.05) is 0 Å². The lowest BCUT2D eigenvalue weighted by molar-refractivity contribution is 1.12. The molecule has 0 unspecified atom stereocenters.